The molecule has 2 heterocycles. The highest BCUT2D eigenvalue weighted by molar-refractivity contribution is 9.10. The normalized spacial score (nSPS) is 10.6. The molecule has 0 bridgehead atoms. The van der Waals surface area contributed by atoms with Crippen LogP contribution in [-0.2, 0) is 0 Å². The van der Waals surface area contributed by atoms with Crippen LogP contribution in [0.3, 0.4) is 0 Å². The summed E-state index contributed by atoms with van der Waals surface area (Å²) in [4.78, 5) is 9.87. The Morgan fingerprint density at radius 3 is 1.85 bits per heavy atom. The van der Waals surface area contributed by atoms with E-state index in [1.807, 2.05) is 10.8 Å². The van der Waals surface area contributed by atoms with Crippen LogP contribution in [0.4, 0.5) is 0 Å². The molecule has 3 aromatic carbocycles. The van der Waals surface area contributed by atoms with E-state index in [-0.39, 0.29) is 0 Å². The Bertz CT molecular complexity index is 1140. The van der Waals surface area contributed by atoms with Crippen LogP contribution in [0.15, 0.2) is 94.1 Å². The number of hydrogen-bond donors (Lipinski definition) is 0. The van der Waals surface area contributed by atoms with Crippen LogP contribution in [-0.4, -0.2) is 10.9 Å². The highest BCUT2D eigenvalue weighted by Gasteiger charge is 2.10. The molecule has 27 heavy (non-hydrogen) atoms. The van der Waals surface area contributed by atoms with Crippen LogP contribution < -0.4 is 0 Å². The van der Waals surface area contributed by atoms with Crippen molar-refractivity contribution in [3.63, 3.8) is 0 Å². The van der Waals surface area contributed by atoms with E-state index in [9.17, 15) is 4.79 Å². The van der Waals surface area contributed by atoms with E-state index in [1.54, 1.807) is 6.07 Å². The molecule has 4 heteroatoms. The summed E-state index contributed by atoms with van der Waals surface area (Å²) in [5.74, 6) is 0. The molecule has 0 N–H and O–H groups in total. The predicted molar refractivity (Wildman–Crippen MR) is 118 cm³/mol. The van der Waals surface area contributed by atoms with E-state index in [2.05, 4.69) is 93.3 Å². The largest absolute Gasteiger partial charge is 0.309 e. The Morgan fingerprint density at radius 1 is 0.778 bits per heavy atom. The van der Waals surface area contributed by atoms with Crippen molar-refractivity contribution in [2.24, 2.45) is 0 Å². The fourth-order valence-electron chi connectivity index (χ4n) is 3.13. The molecule has 0 fully saturated rings. The van der Waals surface area contributed by atoms with Crippen molar-refractivity contribution in [3.8, 4) is 5.69 Å². The minimum atomic E-state index is 0.769. The molecule has 0 aliphatic rings. The van der Waals surface area contributed by atoms with Gasteiger partial charge < -0.3 is 4.57 Å². The highest BCUT2D eigenvalue weighted by Crippen LogP contribution is 2.31. The predicted octanol–water partition coefficient (Wildman–Crippen LogP) is 7.11. The standard InChI is InChI=1S/C18H12BrN.C5H4OS/c19-13-9-11-14(12-10-13)20-17-7-3-1-5-15(17)16-6-2-4-8-18(16)20;6-3-5-1-2-7-4-5/h1-12H;1-4H. The number of thiophene rings is 1. The zero-order valence-electron chi connectivity index (χ0n) is 14.4. The molecule has 2 nitrogen and oxygen atoms in total. The summed E-state index contributed by atoms with van der Waals surface area (Å²) in [5.41, 5.74) is 4.45. The Hall–Kier alpha value is -2.69. The Morgan fingerprint density at radius 2 is 1.37 bits per heavy atom. The fourth-order valence-corrected chi connectivity index (χ4v) is 4.00. The molecule has 5 aromatic rings. The minimum absolute atomic E-state index is 0.769. The molecule has 0 amide bonds. The fraction of sp³-hybridized carbons (Fsp3) is 0. The Balaban J connectivity index is 0.000000218. The van der Waals surface area contributed by atoms with Gasteiger partial charge in [0.2, 0.25) is 0 Å². The summed E-state index contributed by atoms with van der Waals surface area (Å²) in [6.45, 7) is 0. The first-order chi connectivity index (χ1) is 13.3. The second-order valence-corrected chi connectivity index (χ2v) is 7.72. The van der Waals surface area contributed by atoms with Crippen LogP contribution in [0.1, 0.15) is 10.4 Å². The van der Waals surface area contributed by atoms with Gasteiger partial charge in [0.05, 0.1) is 11.0 Å². The van der Waals surface area contributed by atoms with E-state index in [0.717, 1.165) is 16.3 Å². The Kier molecular flexibility index (Phi) is 5.19. The number of carbonyl (C=O) groups excluding carboxylic acids is 1. The maximum absolute atomic E-state index is 9.87. The molecular formula is C23H16BrNOS. The van der Waals surface area contributed by atoms with Gasteiger partial charge in [0.25, 0.3) is 0 Å². The van der Waals surface area contributed by atoms with E-state index in [4.69, 9.17) is 0 Å². The van der Waals surface area contributed by atoms with Crippen molar-refractivity contribution < 1.29 is 4.79 Å². The lowest BCUT2D eigenvalue weighted by atomic mass is 10.2. The molecule has 0 atom stereocenters. The lowest BCUT2D eigenvalue weighted by Crippen LogP contribution is -1.92. The van der Waals surface area contributed by atoms with Gasteiger partial charge in [-0.05, 0) is 47.8 Å². The average Bonchev–Trinajstić information content (AvgIpc) is 3.35. The minimum Gasteiger partial charge on any atom is -0.309 e. The van der Waals surface area contributed by atoms with Gasteiger partial charge in [-0.2, -0.15) is 11.3 Å². The lowest BCUT2D eigenvalue weighted by molar-refractivity contribution is 0.112. The van der Waals surface area contributed by atoms with Crippen molar-refractivity contribution in [2.75, 3.05) is 0 Å². The van der Waals surface area contributed by atoms with Gasteiger partial charge in [0.15, 0.2) is 6.29 Å². The van der Waals surface area contributed by atoms with Crippen molar-refractivity contribution >= 4 is 55.4 Å². The van der Waals surface area contributed by atoms with Gasteiger partial charge in [0.1, 0.15) is 0 Å². The molecule has 0 aliphatic carbocycles. The average molecular weight is 434 g/mol. The molecule has 5 rings (SSSR count). The summed E-state index contributed by atoms with van der Waals surface area (Å²) >= 11 is 5.03. The van der Waals surface area contributed by atoms with Crippen LogP contribution in [0.25, 0.3) is 27.5 Å². The Labute approximate surface area is 169 Å². The van der Waals surface area contributed by atoms with Gasteiger partial charge in [-0.1, -0.05) is 52.3 Å². The highest BCUT2D eigenvalue weighted by atomic mass is 79.9. The second-order valence-electron chi connectivity index (χ2n) is 6.02. The van der Waals surface area contributed by atoms with Crippen LogP contribution in [0, 0.1) is 0 Å². The number of nitrogens with zero attached hydrogens (tertiary/aromatic N) is 1. The van der Waals surface area contributed by atoms with E-state index in [1.165, 1.54) is 38.8 Å². The third kappa shape index (κ3) is 3.59. The van der Waals surface area contributed by atoms with E-state index in [0.29, 0.717) is 0 Å². The van der Waals surface area contributed by atoms with Crippen LogP contribution in [0.5, 0.6) is 0 Å². The first-order valence-corrected chi connectivity index (χ1v) is 10.2. The molecular weight excluding hydrogens is 418 g/mol. The zero-order chi connectivity index (χ0) is 18.6. The number of carbonyl (C=O) groups is 1. The molecule has 2 aromatic heterocycles. The van der Waals surface area contributed by atoms with Gasteiger partial charge in [-0.15, -0.1) is 0 Å². The number of halogens is 1. The van der Waals surface area contributed by atoms with Crippen molar-refractivity contribution in [2.45, 2.75) is 0 Å². The molecule has 0 radical (unpaired) electrons. The van der Waals surface area contributed by atoms with E-state index < -0.39 is 0 Å². The summed E-state index contributed by atoms with van der Waals surface area (Å²) in [6, 6.07) is 27.4. The molecule has 0 aliphatic heterocycles. The maximum Gasteiger partial charge on any atom is 0.150 e. The molecule has 0 spiro atoms. The maximum atomic E-state index is 9.87. The van der Waals surface area contributed by atoms with Crippen LogP contribution in [0.2, 0.25) is 0 Å². The van der Waals surface area contributed by atoms with E-state index >= 15 is 0 Å². The number of aromatic nitrogens is 1. The first kappa shape index (κ1) is 17.7. The number of benzene rings is 3. The number of para-hydroxylation sites is 2. The summed E-state index contributed by atoms with van der Waals surface area (Å²) < 4.78 is 3.42. The van der Waals surface area contributed by atoms with Crippen molar-refractivity contribution in [1.29, 1.82) is 0 Å². The first-order valence-electron chi connectivity index (χ1n) is 8.49. The van der Waals surface area contributed by atoms with Gasteiger partial charge in [-0.25, -0.2) is 0 Å². The van der Waals surface area contributed by atoms with Crippen molar-refractivity contribution in [3.05, 3.63) is 99.7 Å². The monoisotopic (exact) mass is 433 g/mol. The molecule has 132 valence electrons. The smallest absolute Gasteiger partial charge is 0.150 e. The summed E-state index contributed by atoms with van der Waals surface area (Å²) in [7, 11) is 0. The topological polar surface area (TPSA) is 22.0 Å². The number of rotatable bonds is 2. The molecule has 0 unspecified atom stereocenters. The van der Waals surface area contributed by atoms with Crippen molar-refractivity contribution in [1.82, 2.24) is 4.57 Å². The summed E-state index contributed by atoms with van der Waals surface area (Å²) in [5, 5.41) is 6.29. The van der Waals surface area contributed by atoms with Gasteiger partial charge in [-0.3, -0.25) is 4.79 Å². The van der Waals surface area contributed by atoms with Gasteiger partial charge in [0, 0.05) is 31.9 Å². The third-order valence-electron chi connectivity index (χ3n) is 4.34. The molecule has 0 saturated carbocycles. The SMILES string of the molecule is Brc1ccc(-n2c3ccccc3c3ccccc32)cc1.O=Cc1ccsc1. The number of fused-ring (bicyclic) bond motifs is 3. The summed E-state index contributed by atoms with van der Waals surface area (Å²) in [6.07, 6.45) is 0.844. The molecule has 0 saturated heterocycles. The third-order valence-corrected chi connectivity index (χ3v) is 5.57. The quantitative estimate of drug-likeness (QED) is 0.272. The number of hydrogen-bond acceptors (Lipinski definition) is 2. The van der Waals surface area contributed by atoms with Gasteiger partial charge >= 0.3 is 0 Å². The lowest BCUT2D eigenvalue weighted by Gasteiger charge is -2.07. The van der Waals surface area contributed by atoms with Crippen LogP contribution >= 0.6 is 27.3 Å². The number of aldehydes is 1. The zero-order valence-corrected chi connectivity index (χ0v) is 16.8. The second kappa shape index (κ2) is 7.91.